The van der Waals surface area contributed by atoms with Crippen molar-refractivity contribution in [2.45, 2.75) is 114 Å². The third kappa shape index (κ3) is 3.98. The number of carbonyl (C=O) groups excluding carboxylic acids is 3. The number of ketones is 1. The van der Waals surface area contributed by atoms with E-state index in [-0.39, 0.29) is 43.2 Å². The molecule has 3 N–H and O–H groups in total. The molecule has 52 heavy (non-hydrogen) atoms. The number of ether oxygens (including phenoxy) is 4. The molecule has 12 heteroatoms. The summed E-state index contributed by atoms with van der Waals surface area (Å²) in [5, 5.41) is 26.6. The largest absolute Gasteiger partial charge is 0.469 e. The van der Waals surface area contributed by atoms with E-state index in [1.54, 1.807) is 6.26 Å². The molecule has 2 spiro atoms. The number of hydrogen-bond acceptors (Lipinski definition) is 12. The molecule has 10 rings (SSSR count). The van der Waals surface area contributed by atoms with Gasteiger partial charge in [0, 0.05) is 47.4 Å². The van der Waals surface area contributed by atoms with Gasteiger partial charge in [-0.05, 0) is 87.8 Å². The number of nitrogens with one attached hydrogen (secondary N) is 1. The number of allylic oxidation sites excluding steroid dienone is 1. The van der Waals surface area contributed by atoms with Gasteiger partial charge in [0.15, 0.2) is 11.9 Å². The van der Waals surface area contributed by atoms with Gasteiger partial charge in [0.25, 0.3) is 0 Å². The molecule has 1 aromatic heterocycles. The van der Waals surface area contributed by atoms with E-state index in [2.05, 4.69) is 29.4 Å². The average molecular weight is 721 g/mol. The van der Waals surface area contributed by atoms with Gasteiger partial charge in [0.2, 0.25) is 0 Å². The number of nitrogens with zero attached hydrogens (tertiary/aromatic N) is 1. The summed E-state index contributed by atoms with van der Waals surface area (Å²) in [4.78, 5) is 43.5. The summed E-state index contributed by atoms with van der Waals surface area (Å²) in [6, 6.07) is 2.41. The second kappa shape index (κ2) is 10.9. The number of epoxide rings is 1. The predicted molar refractivity (Wildman–Crippen MR) is 182 cm³/mol. The summed E-state index contributed by atoms with van der Waals surface area (Å²) >= 11 is 0. The van der Waals surface area contributed by atoms with Gasteiger partial charge in [0.05, 0.1) is 37.0 Å². The first kappa shape index (κ1) is 33.8. The van der Waals surface area contributed by atoms with Crippen molar-refractivity contribution in [1.29, 1.82) is 0 Å². The Bertz CT molecular complexity index is 1740. The minimum absolute atomic E-state index is 0.0243. The van der Waals surface area contributed by atoms with E-state index in [1.807, 2.05) is 26.8 Å². The molecule has 3 saturated carbocycles. The number of fused-ring (bicyclic) bond motifs is 4. The van der Waals surface area contributed by atoms with Gasteiger partial charge in [-0.2, -0.15) is 0 Å². The van der Waals surface area contributed by atoms with Gasteiger partial charge in [-0.1, -0.05) is 19.9 Å². The van der Waals surface area contributed by atoms with Crippen LogP contribution in [-0.2, 0) is 39.8 Å². The Morgan fingerprint density at radius 2 is 1.90 bits per heavy atom. The number of esters is 2. The normalized spacial score (nSPS) is 50.0. The van der Waals surface area contributed by atoms with E-state index in [4.69, 9.17) is 23.4 Å². The zero-order chi connectivity index (χ0) is 36.2. The van der Waals surface area contributed by atoms with Gasteiger partial charge in [0.1, 0.15) is 30.2 Å². The number of cyclic esters (lactones) is 2. The lowest BCUT2D eigenvalue weighted by atomic mass is 9.36. The van der Waals surface area contributed by atoms with Crippen molar-refractivity contribution < 1.29 is 48.0 Å². The monoisotopic (exact) mass is 720 g/mol. The summed E-state index contributed by atoms with van der Waals surface area (Å²) in [6.07, 6.45) is 7.47. The number of Topliss-reactive ketones (excluding diaryl/α,β-unsaturated/α-hetero) is 1. The van der Waals surface area contributed by atoms with E-state index < -0.39 is 63.8 Å². The van der Waals surface area contributed by atoms with Crippen molar-refractivity contribution in [1.82, 2.24) is 10.2 Å². The average Bonchev–Trinajstić information content (AvgIpc) is 3.37. The molecular weight excluding hydrogens is 668 g/mol. The summed E-state index contributed by atoms with van der Waals surface area (Å²) in [5.74, 6) is -0.145. The van der Waals surface area contributed by atoms with Crippen LogP contribution >= 0.6 is 0 Å². The molecule has 6 aliphatic heterocycles. The van der Waals surface area contributed by atoms with E-state index in [0.29, 0.717) is 48.8 Å². The highest BCUT2D eigenvalue weighted by Crippen LogP contribution is 2.80. The second-order valence-electron chi connectivity index (χ2n) is 18.6. The zero-order valence-corrected chi connectivity index (χ0v) is 30.5. The van der Waals surface area contributed by atoms with Gasteiger partial charge in [-0.3, -0.25) is 14.9 Å². The number of carbonyl (C=O) groups is 3. The highest BCUT2D eigenvalue weighted by molar-refractivity contribution is 5.92. The van der Waals surface area contributed by atoms with E-state index in [1.165, 1.54) is 0 Å². The summed E-state index contributed by atoms with van der Waals surface area (Å²) < 4.78 is 31.4. The number of furan rings is 1. The Labute approximate surface area is 303 Å². The van der Waals surface area contributed by atoms with Crippen LogP contribution in [0.3, 0.4) is 0 Å². The van der Waals surface area contributed by atoms with Crippen LogP contribution in [0.15, 0.2) is 29.0 Å². The van der Waals surface area contributed by atoms with Crippen molar-refractivity contribution in [2.75, 3.05) is 26.4 Å². The molecule has 5 saturated heterocycles. The minimum atomic E-state index is -1.43. The predicted octanol–water partition coefficient (Wildman–Crippen LogP) is 3.05. The lowest BCUT2D eigenvalue weighted by Gasteiger charge is -2.66. The smallest absolute Gasteiger partial charge is 0.339 e. The third-order valence-electron chi connectivity index (χ3n) is 16.4. The summed E-state index contributed by atoms with van der Waals surface area (Å²) in [7, 11) is 0. The van der Waals surface area contributed by atoms with Gasteiger partial charge >= 0.3 is 11.9 Å². The molecule has 15 atom stereocenters. The van der Waals surface area contributed by atoms with Crippen LogP contribution in [-0.4, -0.2) is 94.8 Å². The maximum Gasteiger partial charge on any atom is 0.339 e. The van der Waals surface area contributed by atoms with Crippen molar-refractivity contribution in [3.05, 3.63) is 35.9 Å². The molecule has 282 valence electrons. The lowest BCUT2D eigenvalue weighted by Crippen LogP contribution is -2.76. The highest BCUT2D eigenvalue weighted by Gasteiger charge is 2.90. The molecular formula is C40H52N2O10. The first-order chi connectivity index (χ1) is 24.8. The number of rotatable bonds is 5. The fourth-order valence-corrected chi connectivity index (χ4v) is 14.2. The maximum atomic E-state index is 14.6. The molecule has 8 fully saturated rings. The zero-order valence-electron chi connectivity index (χ0n) is 30.5. The fourth-order valence-electron chi connectivity index (χ4n) is 14.2. The number of aliphatic hydroxyl groups excluding tert-OH is 2. The van der Waals surface area contributed by atoms with Crippen LogP contribution in [0.5, 0.6) is 0 Å². The van der Waals surface area contributed by atoms with Crippen LogP contribution in [0.2, 0.25) is 0 Å². The quantitative estimate of drug-likeness (QED) is 0.302. The van der Waals surface area contributed by atoms with E-state index in [0.717, 1.165) is 38.0 Å². The molecule has 15 unspecified atom stereocenters. The molecule has 0 amide bonds. The molecule has 0 radical (unpaired) electrons. The van der Waals surface area contributed by atoms with Crippen molar-refractivity contribution in [2.24, 2.45) is 51.8 Å². The van der Waals surface area contributed by atoms with Crippen molar-refractivity contribution in [3.63, 3.8) is 0 Å². The Kier molecular flexibility index (Phi) is 7.10. The van der Waals surface area contributed by atoms with Crippen LogP contribution in [0, 0.1) is 51.8 Å². The maximum absolute atomic E-state index is 14.6. The first-order valence-corrected chi connectivity index (χ1v) is 19.6. The summed E-state index contributed by atoms with van der Waals surface area (Å²) in [5.41, 5.74) is -4.25. The Balaban J connectivity index is 0.978. The van der Waals surface area contributed by atoms with E-state index in [9.17, 15) is 24.6 Å². The Hall–Kier alpha value is -2.77. The topological polar surface area (TPSA) is 160 Å². The molecule has 3 aliphatic carbocycles. The van der Waals surface area contributed by atoms with Crippen molar-refractivity contribution >= 4 is 17.7 Å². The Morgan fingerprint density at radius 1 is 1.08 bits per heavy atom. The molecule has 0 bridgehead atoms. The minimum Gasteiger partial charge on any atom is -0.469 e. The Morgan fingerprint density at radius 3 is 2.71 bits per heavy atom. The standard InChI is InChI=1S/C40H52N2O10/c1-36(2)31-30(45)32(46)38(4)27(39(31)18-49-29(44)15-28(39)51-36)7-10-37(3)33(50-35(47)34-40(37,38)52-34)24-9-12-48-26(24)14-22(17-43)20-5-6-23-21(13-20)8-11-42-19-41-16-25(23)42/h8-9,11-12,20-23,25,27-28,31-34,41,43,46H,5-7,10,13-19H2,1-4H3. The van der Waals surface area contributed by atoms with Gasteiger partial charge in [-0.25, -0.2) is 4.79 Å². The lowest BCUT2D eigenvalue weighted by molar-refractivity contribution is -0.252. The molecule has 1 aromatic rings. The third-order valence-corrected chi connectivity index (χ3v) is 16.4. The van der Waals surface area contributed by atoms with Gasteiger partial charge < -0.3 is 38.5 Å². The van der Waals surface area contributed by atoms with Crippen LogP contribution in [0.25, 0.3) is 0 Å². The van der Waals surface area contributed by atoms with Crippen LogP contribution in [0.4, 0.5) is 0 Å². The van der Waals surface area contributed by atoms with Crippen LogP contribution < -0.4 is 5.32 Å². The second-order valence-corrected chi connectivity index (χ2v) is 18.6. The first-order valence-electron chi connectivity index (χ1n) is 19.6. The molecule has 9 aliphatic rings. The van der Waals surface area contributed by atoms with Crippen LogP contribution in [0.1, 0.15) is 83.6 Å². The van der Waals surface area contributed by atoms with Gasteiger partial charge in [-0.15, -0.1) is 0 Å². The summed E-state index contributed by atoms with van der Waals surface area (Å²) in [6.45, 7) is 9.69. The highest BCUT2D eigenvalue weighted by atomic mass is 16.7. The molecule has 0 aromatic carbocycles. The fraction of sp³-hybridized carbons (Fsp3) is 0.775. The van der Waals surface area contributed by atoms with E-state index >= 15 is 0 Å². The van der Waals surface area contributed by atoms with Crippen molar-refractivity contribution in [3.8, 4) is 0 Å². The number of aliphatic hydroxyl groups is 2. The molecule has 12 nitrogen and oxygen atoms in total. The molecule has 7 heterocycles. The SMILES string of the molecule is CC1(C)OC2CC(=O)OCC23C1C(=O)C(O)C1(C)C3CCC2(C)C(c3ccoc3CC(CO)C3CCC4C(C=CN5CNCC45)C3)OC(=O)C3OC321. The number of hydrogen-bond donors (Lipinski definition) is 3.